The van der Waals surface area contributed by atoms with Crippen molar-refractivity contribution in [1.29, 1.82) is 0 Å². The molecule has 4 N–H and O–H groups in total. The van der Waals surface area contributed by atoms with Crippen LogP contribution in [-0.4, -0.2) is 11.0 Å². The van der Waals surface area contributed by atoms with Crippen LogP contribution in [0.25, 0.3) is 0 Å². The van der Waals surface area contributed by atoms with Gasteiger partial charge in [0.2, 0.25) is 0 Å². The van der Waals surface area contributed by atoms with Crippen molar-refractivity contribution in [2.75, 3.05) is 0 Å². The van der Waals surface area contributed by atoms with Crippen LogP contribution < -0.4 is 11.1 Å². The van der Waals surface area contributed by atoms with E-state index in [1.807, 2.05) is 0 Å². The van der Waals surface area contributed by atoms with Crippen LogP contribution in [-0.2, 0) is 13.1 Å². The Kier molecular flexibility index (Phi) is 4.49. The first-order chi connectivity index (χ1) is 10.0. The molecule has 110 valence electrons. The standard InChI is InChI=1S/C15H14F2N2O2/c16-13-5-9(7-18)1-2-10(13)8-19-15(21)12-4-3-11(20)6-14(12)17/h1-6,20H,7-8,18H2,(H,19,21). The fourth-order valence-corrected chi connectivity index (χ4v) is 1.82. The van der Waals surface area contributed by atoms with E-state index in [4.69, 9.17) is 10.8 Å². The molecule has 2 aromatic rings. The molecule has 0 unspecified atom stereocenters. The molecule has 6 heteroatoms. The van der Waals surface area contributed by atoms with E-state index in [1.54, 1.807) is 6.07 Å². The quantitative estimate of drug-likeness (QED) is 0.807. The van der Waals surface area contributed by atoms with Gasteiger partial charge in [0.25, 0.3) is 5.91 Å². The first kappa shape index (κ1) is 14.9. The smallest absolute Gasteiger partial charge is 0.254 e. The number of carbonyl (C=O) groups excluding carboxylic acids is 1. The number of carbonyl (C=O) groups is 1. The molecular weight excluding hydrogens is 278 g/mol. The summed E-state index contributed by atoms with van der Waals surface area (Å²) in [5, 5.41) is 11.5. The third-order valence-corrected chi connectivity index (χ3v) is 2.99. The number of aromatic hydroxyl groups is 1. The van der Waals surface area contributed by atoms with Crippen molar-refractivity contribution in [2.24, 2.45) is 5.73 Å². The molecule has 1 amide bonds. The van der Waals surface area contributed by atoms with Gasteiger partial charge < -0.3 is 16.2 Å². The second-order valence-electron chi connectivity index (χ2n) is 4.48. The molecule has 0 radical (unpaired) electrons. The lowest BCUT2D eigenvalue weighted by atomic mass is 10.1. The zero-order valence-electron chi connectivity index (χ0n) is 11.1. The summed E-state index contributed by atoms with van der Waals surface area (Å²) in [5.74, 6) is -2.28. The van der Waals surface area contributed by atoms with Crippen molar-refractivity contribution >= 4 is 5.91 Å². The molecule has 0 aliphatic carbocycles. The summed E-state index contributed by atoms with van der Waals surface area (Å²) >= 11 is 0. The number of rotatable bonds is 4. The molecule has 2 rings (SSSR count). The van der Waals surface area contributed by atoms with E-state index in [0.29, 0.717) is 5.56 Å². The molecule has 4 nitrogen and oxygen atoms in total. The van der Waals surface area contributed by atoms with Gasteiger partial charge >= 0.3 is 0 Å². The average Bonchev–Trinajstić information content (AvgIpc) is 2.45. The van der Waals surface area contributed by atoms with E-state index in [9.17, 15) is 13.6 Å². The van der Waals surface area contributed by atoms with Crippen molar-refractivity contribution in [3.05, 3.63) is 64.7 Å². The van der Waals surface area contributed by atoms with Gasteiger partial charge in [0.1, 0.15) is 17.4 Å². The van der Waals surface area contributed by atoms with Gasteiger partial charge in [-0.3, -0.25) is 4.79 Å². The van der Waals surface area contributed by atoms with Gasteiger partial charge in [-0.15, -0.1) is 0 Å². The monoisotopic (exact) mass is 292 g/mol. The van der Waals surface area contributed by atoms with Crippen molar-refractivity contribution in [1.82, 2.24) is 5.32 Å². The number of phenols is 1. The summed E-state index contributed by atoms with van der Waals surface area (Å²) in [6.45, 7) is 0.151. The highest BCUT2D eigenvalue weighted by molar-refractivity contribution is 5.94. The van der Waals surface area contributed by atoms with Gasteiger partial charge in [-0.1, -0.05) is 12.1 Å². The average molecular weight is 292 g/mol. The Morgan fingerprint density at radius 1 is 1.14 bits per heavy atom. The number of benzene rings is 2. The first-order valence-corrected chi connectivity index (χ1v) is 6.25. The van der Waals surface area contributed by atoms with Gasteiger partial charge in [0.05, 0.1) is 5.56 Å². The lowest BCUT2D eigenvalue weighted by Crippen LogP contribution is -2.24. The largest absolute Gasteiger partial charge is 0.508 e. The Hall–Kier alpha value is -2.47. The van der Waals surface area contributed by atoms with Crippen LogP contribution in [0.15, 0.2) is 36.4 Å². The second kappa shape index (κ2) is 6.32. The van der Waals surface area contributed by atoms with E-state index in [2.05, 4.69) is 5.32 Å². The molecule has 0 aromatic heterocycles. The molecule has 0 heterocycles. The molecule has 21 heavy (non-hydrogen) atoms. The molecule has 0 atom stereocenters. The van der Waals surface area contributed by atoms with Crippen molar-refractivity contribution in [2.45, 2.75) is 13.1 Å². The minimum absolute atomic E-state index is 0.0736. The lowest BCUT2D eigenvalue weighted by Gasteiger charge is -2.08. The van der Waals surface area contributed by atoms with Gasteiger partial charge in [0.15, 0.2) is 0 Å². The van der Waals surface area contributed by atoms with E-state index in [0.717, 1.165) is 12.1 Å². The van der Waals surface area contributed by atoms with Crippen LogP contribution in [0, 0.1) is 11.6 Å². The van der Waals surface area contributed by atoms with E-state index in [-0.39, 0.29) is 30.0 Å². The van der Waals surface area contributed by atoms with Gasteiger partial charge in [-0.05, 0) is 23.8 Å². The number of phenolic OH excluding ortho intramolecular Hbond substituents is 1. The van der Waals surface area contributed by atoms with Crippen LogP contribution in [0.4, 0.5) is 8.78 Å². The second-order valence-corrected chi connectivity index (χ2v) is 4.48. The van der Waals surface area contributed by atoms with Crippen LogP contribution in [0.2, 0.25) is 0 Å². The normalized spacial score (nSPS) is 10.4. The number of halogens is 2. The molecule has 0 aliphatic heterocycles. The third-order valence-electron chi connectivity index (χ3n) is 2.99. The van der Waals surface area contributed by atoms with Crippen molar-refractivity contribution < 1.29 is 18.7 Å². The SMILES string of the molecule is NCc1ccc(CNC(=O)c2ccc(O)cc2F)c(F)c1. The predicted molar refractivity (Wildman–Crippen MR) is 73.5 cm³/mol. The Morgan fingerprint density at radius 3 is 2.52 bits per heavy atom. The van der Waals surface area contributed by atoms with Crippen LogP contribution >= 0.6 is 0 Å². The Bertz CT molecular complexity index is 675. The summed E-state index contributed by atoms with van der Waals surface area (Å²) < 4.78 is 27.2. The Labute approximate surface area is 120 Å². The molecule has 0 fully saturated rings. The van der Waals surface area contributed by atoms with Crippen LogP contribution in [0.3, 0.4) is 0 Å². The number of nitrogens with two attached hydrogens (primary N) is 1. The third kappa shape index (κ3) is 3.55. The highest BCUT2D eigenvalue weighted by atomic mass is 19.1. The summed E-state index contributed by atoms with van der Waals surface area (Å²) in [6.07, 6.45) is 0. The zero-order chi connectivity index (χ0) is 15.4. The predicted octanol–water partition coefficient (Wildman–Crippen LogP) is 2.06. The summed E-state index contributed by atoms with van der Waals surface area (Å²) in [5.41, 5.74) is 6.10. The fourth-order valence-electron chi connectivity index (χ4n) is 1.82. The lowest BCUT2D eigenvalue weighted by molar-refractivity contribution is 0.0946. The Morgan fingerprint density at radius 2 is 1.90 bits per heavy atom. The Balaban J connectivity index is 2.07. The fraction of sp³-hybridized carbons (Fsp3) is 0.133. The van der Waals surface area contributed by atoms with Gasteiger partial charge in [-0.25, -0.2) is 8.78 Å². The number of nitrogens with one attached hydrogen (secondary N) is 1. The zero-order valence-corrected chi connectivity index (χ0v) is 11.1. The van der Waals surface area contributed by atoms with E-state index in [1.165, 1.54) is 18.2 Å². The molecule has 2 aromatic carbocycles. The highest BCUT2D eigenvalue weighted by Gasteiger charge is 2.12. The van der Waals surface area contributed by atoms with Gasteiger partial charge in [-0.2, -0.15) is 0 Å². The number of hydrogen-bond donors (Lipinski definition) is 3. The van der Waals surface area contributed by atoms with Gasteiger partial charge in [0, 0.05) is 24.7 Å². The summed E-state index contributed by atoms with van der Waals surface area (Å²) in [6, 6.07) is 7.67. The minimum atomic E-state index is -0.841. The van der Waals surface area contributed by atoms with Crippen molar-refractivity contribution in [3.63, 3.8) is 0 Å². The molecule has 0 spiro atoms. The molecule has 0 bridgehead atoms. The van der Waals surface area contributed by atoms with Crippen LogP contribution in [0.5, 0.6) is 5.75 Å². The summed E-state index contributed by atoms with van der Waals surface area (Å²) in [7, 11) is 0. The maximum absolute atomic E-state index is 13.7. The minimum Gasteiger partial charge on any atom is -0.508 e. The number of hydrogen-bond acceptors (Lipinski definition) is 3. The molecular formula is C15H14F2N2O2. The molecule has 0 saturated carbocycles. The highest BCUT2D eigenvalue weighted by Crippen LogP contribution is 2.15. The maximum atomic E-state index is 13.7. The van der Waals surface area contributed by atoms with E-state index < -0.39 is 17.5 Å². The first-order valence-electron chi connectivity index (χ1n) is 6.25. The topological polar surface area (TPSA) is 75.3 Å². The molecule has 0 aliphatic rings. The number of amides is 1. The van der Waals surface area contributed by atoms with E-state index >= 15 is 0 Å². The maximum Gasteiger partial charge on any atom is 0.254 e. The molecule has 0 saturated heterocycles. The summed E-state index contributed by atoms with van der Waals surface area (Å²) in [4.78, 5) is 11.8. The van der Waals surface area contributed by atoms with Crippen molar-refractivity contribution in [3.8, 4) is 5.75 Å². The van der Waals surface area contributed by atoms with Crippen LogP contribution in [0.1, 0.15) is 21.5 Å².